The van der Waals surface area contributed by atoms with E-state index in [0.29, 0.717) is 12.1 Å². The third-order valence-corrected chi connectivity index (χ3v) is 5.74. The third kappa shape index (κ3) is 5.26. The summed E-state index contributed by atoms with van der Waals surface area (Å²) in [4.78, 5) is 2.48. The number of halogens is 1. The molecule has 152 valence electrons. The Morgan fingerprint density at radius 2 is 1.96 bits per heavy atom. The second-order valence-electron chi connectivity index (χ2n) is 7.68. The van der Waals surface area contributed by atoms with Crippen LogP contribution in [-0.2, 0) is 24.1 Å². The maximum Gasteiger partial charge on any atom is 0.122 e. The fourth-order valence-electron chi connectivity index (χ4n) is 4.26. The molecular formula is C23H31ClN2O2. The van der Waals surface area contributed by atoms with Crippen LogP contribution in [0.4, 0.5) is 0 Å². The van der Waals surface area contributed by atoms with Crippen LogP contribution in [0.5, 0.6) is 5.75 Å². The number of likely N-dealkylation sites (N-methyl/N-ethyl adjacent to an activating group) is 1. The number of hydrogen-bond donors (Lipinski definition) is 1. The number of morpholine rings is 1. The molecule has 4 nitrogen and oxygen atoms in total. The summed E-state index contributed by atoms with van der Waals surface area (Å²) in [7, 11) is 2.24. The summed E-state index contributed by atoms with van der Waals surface area (Å²) in [6, 6.07) is 18.2. The molecular weight excluding hydrogens is 372 g/mol. The Bertz CT molecular complexity index is 735. The summed E-state index contributed by atoms with van der Waals surface area (Å²) in [6.07, 6.45) is 3.23. The summed E-state index contributed by atoms with van der Waals surface area (Å²) in [5.74, 6) is 1.07. The number of nitrogens with one attached hydrogen (secondary N) is 1. The number of aryl methyl sites for hydroxylation is 1. The summed E-state index contributed by atoms with van der Waals surface area (Å²) in [5, 5.41) is 3.68. The zero-order valence-corrected chi connectivity index (χ0v) is 17.4. The Morgan fingerprint density at radius 3 is 2.75 bits per heavy atom. The van der Waals surface area contributed by atoms with Crippen LogP contribution in [0.2, 0.25) is 0 Å². The van der Waals surface area contributed by atoms with Crippen LogP contribution in [0.3, 0.4) is 0 Å². The largest absolute Gasteiger partial charge is 0.493 e. The molecule has 1 N–H and O–H groups in total. The van der Waals surface area contributed by atoms with Crippen molar-refractivity contribution in [3.8, 4) is 5.75 Å². The van der Waals surface area contributed by atoms with Crippen molar-refractivity contribution in [3.05, 3.63) is 65.2 Å². The predicted octanol–water partition coefficient (Wildman–Crippen LogP) is 3.46. The van der Waals surface area contributed by atoms with Crippen molar-refractivity contribution in [1.82, 2.24) is 10.2 Å². The highest BCUT2D eigenvalue weighted by molar-refractivity contribution is 5.85. The highest BCUT2D eigenvalue weighted by atomic mass is 35.5. The number of nitrogens with zero attached hydrogens (tertiary/aromatic N) is 1. The Hall–Kier alpha value is -1.59. The van der Waals surface area contributed by atoms with Gasteiger partial charge in [-0.2, -0.15) is 0 Å². The average molecular weight is 403 g/mol. The first-order valence-electron chi connectivity index (χ1n) is 10.1. The lowest BCUT2D eigenvalue weighted by atomic mass is 9.96. The molecule has 28 heavy (non-hydrogen) atoms. The summed E-state index contributed by atoms with van der Waals surface area (Å²) >= 11 is 0. The van der Waals surface area contributed by atoms with Crippen LogP contribution < -0.4 is 10.1 Å². The van der Waals surface area contributed by atoms with E-state index in [9.17, 15) is 0 Å². The highest BCUT2D eigenvalue weighted by Crippen LogP contribution is 2.27. The molecule has 4 rings (SSSR count). The van der Waals surface area contributed by atoms with Crippen molar-refractivity contribution < 1.29 is 9.47 Å². The molecule has 2 heterocycles. The number of hydrogen-bond acceptors (Lipinski definition) is 4. The summed E-state index contributed by atoms with van der Waals surface area (Å²) in [6.45, 7) is 4.33. The van der Waals surface area contributed by atoms with Gasteiger partial charge in [-0.3, -0.25) is 4.90 Å². The quantitative estimate of drug-likeness (QED) is 0.768. The molecule has 1 fully saturated rings. The van der Waals surface area contributed by atoms with Gasteiger partial charge in [0.1, 0.15) is 5.75 Å². The van der Waals surface area contributed by atoms with Gasteiger partial charge in [0.25, 0.3) is 0 Å². The van der Waals surface area contributed by atoms with Gasteiger partial charge in [0.15, 0.2) is 0 Å². The topological polar surface area (TPSA) is 33.7 Å². The van der Waals surface area contributed by atoms with Crippen molar-refractivity contribution in [3.63, 3.8) is 0 Å². The highest BCUT2D eigenvalue weighted by Gasteiger charge is 2.27. The van der Waals surface area contributed by atoms with Gasteiger partial charge in [0.05, 0.1) is 19.8 Å². The van der Waals surface area contributed by atoms with Crippen LogP contribution in [0, 0.1) is 0 Å². The molecule has 0 aromatic heterocycles. The van der Waals surface area contributed by atoms with Gasteiger partial charge in [0, 0.05) is 31.6 Å². The molecule has 0 radical (unpaired) electrons. The summed E-state index contributed by atoms with van der Waals surface area (Å²) in [5.41, 5.74) is 4.13. The predicted molar refractivity (Wildman–Crippen MR) is 116 cm³/mol. The average Bonchev–Trinajstić information content (AvgIpc) is 3.18. The van der Waals surface area contributed by atoms with E-state index in [4.69, 9.17) is 9.47 Å². The molecule has 5 heteroatoms. The van der Waals surface area contributed by atoms with E-state index in [1.165, 1.54) is 16.7 Å². The van der Waals surface area contributed by atoms with Crippen LogP contribution in [0.25, 0.3) is 0 Å². The van der Waals surface area contributed by atoms with Gasteiger partial charge in [-0.05, 0) is 42.6 Å². The Morgan fingerprint density at radius 1 is 1.11 bits per heavy atom. The minimum Gasteiger partial charge on any atom is -0.493 e. The van der Waals surface area contributed by atoms with Crippen molar-refractivity contribution in [2.24, 2.45) is 0 Å². The van der Waals surface area contributed by atoms with Gasteiger partial charge >= 0.3 is 0 Å². The van der Waals surface area contributed by atoms with Crippen LogP contribution >= 0.6 is 12.4 Å². The van der Waals surface area contributed by atoms with Gasteiger partial charge in [-0.25, -0.2) is 0 Å². The van der Waals surface area contributed by atoms with E-state index in [1.807, 2.05) is 0 Å². The number of rotatable bonds is 7. The molecule has 0 amide bonds. The molecule has 0 saturated carbocycles. The fourth-order valence-corrected chi connectivity index (χ4v) is 4.26. The molecule has 2 aliphatic rings. The second-order valence-corrected chi connectivity index (χ2v) is 7.68. The molecule has 2 atom stereocenters. The first kappa shape index (κ1) is 21.1. The van der Waals surface area contributed by atoms with E-state index in [-0.39, 0.29) is 12.4 Å². The molecule has 0 bridgehead atoms. The Kier molecular flexibility index (Phi) is 7.74. The van der Waals surface area contributed by atoms with Crippen molar-refractivity contribution >= 4 is 12.4 Å². The van der Waals surface area contributed by atoms with Crippen LogP contribution in [0.1, 0.15) is 23.1 Å². The van der Waals surface area contributed by atoms with Gasteiger partial charge in [-0.15, -0.1) is 12.4 Å². The van der Waals surface area contributed by atoms with Crippen molar-refractivity contribution in [1.29, 1.82) is 0 Å². The molecule has 2 aromatic carbocycles. The van der Waals surface area contributed by atoms with Gasteiger partial charge < -0.3 is 14.8 Å². The van der Waals surface area contributed by atoms with Crippen molar-refractivity contribution in [2.75, 3.05) is 33.4 Å². The Balaban J connectivity index is 0.00000225. The van der Waals surface area contributed by atoms with E-state index in [1.54, 1.807) is 0 Å². The van der Waals surface area contributed by atoms with Crippen molar-refractivity contribution in [2.45, 2.75) is 37.9 Å². The van der Waals surface area contributed by atoms with E-state index in [0.717, 1.165) is 57.9 Å². The van der Waals surface area contributed by atoms with E-state index < -0.39 is 0 Å². The standard InChI is InChI=1S/C23H30N2O2.ClH/c1-25(16-19-5-3-2-4-6-19)22(21-17-26-14-12-24-21)9-7-18-8-10-23-20(15-18)11-13-27-23;/h2-6,8,10,15,21-22,24H,7,9,11-14,16-17H2,1H3;1H. The minimum atomic E-state index is 0. The van der Waals surface area contributed by atoms with Crippen LogP contribution in [0.15, 0.2) is 48.5 Å². The monoisotopic (exact) mass is 402 g/mol. The number of benzene rings is 2. The number of fused-ring (bicyclic) bond motifs is 1. The first-order valence-corrected chi connectivity index (χ1v) is 10.1. The van der Waals surface area contributed by atoms with Crippen LogP contribution in [-0.4, -0.2) is 50.4 Å². The lowest BCUT2D eigenvalue weighted by molar-refractivity contribution is 0.0371. The lowest BCUT2D eigenvalue weighted by Crippen LogP contribution is -2.54. The minimum absolute atomic E-state index is 0. The molecule has 0 spiro atoms. The maximum atomic E-state index is 5.77. The number of ether oxygens (including phenoxy) is 2. The maximum absolute atomic E-state index is 5.77. The van der Waals surface area contributed by atoms with E-state index in [2.05, 4.69) is 65.8 Å². The normalized spacial score (nSPS) is 19.6. The zero-order chi connectivity index (χ0) is 18.5. The first-order chi connectivity index (χ1) is 13.3. The molecule has 1 saturated heterocycles. The van der Waals surface area contributed by atoms with Gasteiger partial charge in [0.2, 0.25) is 0 Å². The van der Waals surface area contributed by atoms with E-state index >= 15 is 0 Å². The Labute approximate surface area is 174 Å². The molecule has 0 aliphatic carbocycles. The smallest absolute Gasteiger partial charge is 0.122 e. The zero-order valence-electron chi connectivity index (χ0n) is 16.6. The molecule has 2 unspecified atom stereocenters. The SMILES string of the molecule is CN(Cc1ccccc1)C(CCc1ccc2c(c1)CCO2)C1COCCN1.Cl. The molecule has 2 aliphatic heterocycles. The molecule has 2 aromatic rings. The third-order valence-electron chi connectivity index (χ3n) is 5.74. The fraction of sp³-hybridized carbons (Fsp3) is 0.478. The second kappa shape index (κ2) is 10.3. The lowest BCUT2D eigenvalue weighted by Gasteiger charge is -2.37. The van der Waals surface area contributed by atoms with Gasteiger partial charge in [-0.1, -0.05) is 42.5 Å². The summed E-state index contributed by atoms with van der Waals surface area (Å²) < 4.78 is 11.4.